The molecule has 0 atom stereocenters. The molecule has 2 nitrogen and oxygen atoms in total. The summed E-state index contributed by atoms with van der Waals surface area (Å²) in [4.78, 5) is 0. The third kappa shape index (κ3) is 3.53. The summed E-state index contributed by atoms with van der Waals surface area (Å²) in [6.45, 7) is 8.04. The van der Waals surface area contributed by atoms with E-state index < -0.39 is 5.79 Å². The van der Waals surface area contributed by atoms with E-state index in [9.17, 15) is 0 Å². The molecule has 0 fully saturated rings. The number of ether oxygens (including phenoxy) is 2. The molecule has 0 aliphatic carbocycles. The minimum absolute atomic E-state index is 0.506. The zero-order valence-electron chi connectivity index (χ0n) is 12.6. The lowest BCUT2D eigenvalue weighted by Gasteiger charge is -2.16. The van der Waals surface area contributed by atoms with E-state index in [1.807, 2.05) is 44.2 Å². The molecule has 106 valence electrons. The number of aryl methyl sites for hydroxylation is 2. The summed E-state index contributed by atoms with van der Waals surface area (Å²) in [6, 6.07) is 16.3. The summed E-state index contributed by atoms with van der Waals surface area (Å²) in [5.41, 5.74) is 2.53. The Morgan fingerprint density at radius 1 is 0.900 bits per heavy atom. The molecule has 2 aromatic rings. The summed E-state index contributed by atoms with van der Waals surface area (Å²) in [5, 5.41) is 0. The molecule has 1 aliphatic rings. The van der Waals surface area contributed by atoms with E-state index in [1.54, 1.807) is 0 Å². The molecule has 0 unspecified atom stereocenters. The molecule has 0 amide bonds. The minimum Gasteiger partial charge on any atom is -0.449 e. The zero-order chi connectivity index (χ0) is 14.6. The summed E-state index contributed by atoms with van der Waals surface area (Å²) >= 11 is 0. The van der Waals surface area contributed by atoms with Gasteiger partial charge in [-0.1, -0.05) is 55.0 Å². The van der Waals surface area contributed by atoms with E-state index in [0.717, 1.165) is 17.9 Å². The lowest BCUT2D eigenvalue weighted by molar-refractivity contribution is -0.0434. The van der Waals surface area contributed by atoms with E-state index in [-0.39, 0.29) is 0 Å². The molecular weight excluding hydrogens is 248 g/mol. The van der Waals surface area contributed by atoms with Crippen molar-refractivity contribution in [2.75, 3.05) is 0 Å². The number of hydrogen-bond donors (Lipinski definition) is 0. The van der Waals surface area contributed by atoms with Gasteiger partial charge in [-0.15, -0.1) is 0 Å². The van der Waals surface area contributed by atoms with Crippen LogP contribution in [0.2, 0.25) is 0 Å². The van der Waals surface area contributed by atoms with Gasteiger partial charge in [0.2, 0.25) is 5.79 Å². The first-order valence-corrected chi connectivity index (χ1v) is 7.03. The maximum atomic E-state index is 5.69. The second kappa shape index (κ2) is 6.00. The standard InChI is InChI=1S/C11H14O2.C7H8/c1-4-8-6-5-7-9-10(8)13-11(2,3)12-9;1-7-5-3-2-4-6-7/h5-7H,4H2,1-3H3;2-6H,1H3. The third-order valence-corrected chi connectivity index (χ3v) is 3.09. The van der Waals surface area contributed by atoms with Crippen molar-refractivity contribution < 1.29 is 9.47 Å². The first-order valence-electron chi connectivity index (χ1n) is 7.03. The largest absolute Gasteiger partial charge is 0.449 e. The Hall–Kier alpha value is -1.96. The molecule has 0 aromatic heterocycles. The number of fused-ring (bicyclic) bond motifs is 1. The molecule has 0 saturated heterocycles. The highest BCUT2D eigenvalue weighted by Crippen LogP contribution is 2.41. The van der Waals surface area contributed by atoms with Crippen LogP contribution in [0.3, 0.4) is 0 Å². The predicted molar refractivity (Wildman–Crippen MR) is 82.3 cm³/mol. The molecular formula is C18H22O2. The second-order valence-electron chi connectivity index (χ2n) is 5.36. The fourth-order valence-corrected chi connectivity index (χ4v) is 2.10. The Morgan fingerprint density at radius 2 is 1.60 bits per heavy atom. The normalized spacial score (nSPS) is 14.4. The Kier molecular flexibility index (Phi) is 4.33. The molecule has 0 radical (unpaired) electrons. The Labute approximate surface area is 121 Å². The molecule has 0 bridgehead atoms. The van der Waals surface area contributed by atoms with Gasteiger partial charge < -0.3 is 9.47 Å². The van der Waals surface area contributed by atoms with Crippen molar-refractivity contribution in [2.45, 2.75) is 39.9 Å². The van der Waals surface area contributed by atoms with Gasteiger partial charge in [-0.3, -0.25) is 0 Å². The first kappa shape index (κ1) is 14.4. The van der Waals surface area contributed by atoms with Crippen LogP contribution in [0.5, 0.6) is 11.5 Å². The van der Waals surface area contributed by atoms with Crippen molar-refractivity contribution in [2.24, 2.45) is 0 Å². The van der Waals surface area contributed by atoms with Crippen LogP contribution in [0.1, 0.15) is 31.9 Å². The van der Waals surface area contributed by atoms with Crippen LogP contribution in [-0.4, -0.2) is 5.79 Å². The summed E-state index contributed by atoms with van der Waals surface area (Å²) in [7, 11) is 0. The monoisotopic (exact) mass is 270 g/mol. The van der Waals surface area contributed by atoms with Crippen LogP contribution in [0, 0.1) is 6.92 Å². The molecule has 2 aromatic carbocycles. The van der Waals surface area contributed by atoms with Crippen LogP contribution >= 0.6 is 0 Å². The lowest BCUT2D eigenvalue weighted by atomic mass is 10.1. The molecule has 1 aliphatic heterocycles. The lowest BCUT2D eigenvalue weighted by Crippen LogP contribution is -2.29. The van der Waals surface area contributed by atoms with Crippen LogP contribution in [-0.2, 0) is 6.42 Å². The van der Waals surface area contributed by atoms with Crippen molar-refractivity contribution in [3.05, 3.63) is 59.7 Å². The third-order valence-electron chi connectivity index (χ3n) is 3.09. The second-order valence-corrected chi connectivity index (χ2v) is 5.36. The van der Waals surface area contributed by atoms with Gasteiger partial charge in [-0.2, -0.15) is 0 Å². The van der Waals surface area contributed by atoms with Gasteiger partial charge in [0, 0.05) is 13.8 Å². The van der Waals surface area contributed by atoms with Gasteiger partial charge in [0.05, 0.1) is 0 Å². The maximum absolute atomic E-state index is 5.69. The predicted octanol–water partition coefficient (Wildman–Crippen LogP) is 4.75. The van der Waals surface area contributed by atoms with Gasteiger partial charge in [0.1, 0.15) is 0 Å². The highest BCUT2D eigenvalue weighted by atomic mass is 16.7. The molecule has 2 heteroatoms. The van der Waals surface area contributed by atoms with Gasteiger partial charge >= 0.3 is 0 Å². The van der Waals surface area contributed by atoms with Crippen molar-refractivity contribution >= 4 is 0 Å². The number of para-hydroxylation sites is 1. The molecule has 0 saturated carbocycles. The van der Waals surface area contributed by atoms with Crippen molar-refractivity contribution in [1.82, 2.24) is 0 Å². The number of rotatable bonds is 1. The average molecular weight is 270 g/mol. The fraction of sp³-hybridized carbons (Fsp3) is 0.333. The molecule has 1 heterocycles. The van der Waals surface area contributed by atoms with Crippen molar-refractivity contribution in [3.63, 3.8) is 0 Å². The fourth-order valence-electron chi connectivity index (χ4n) is 2.10. The van der Waals surface area contributed by atoms with Gasteiger partial charge in [0.25, 0.3) is 0 Å². The van der Waals surface area contributed by atoms with E-state index in [4.69, 9.17) is 9.47 Å². The highest BCUT2D eigenvalue weighted by molar-refractivity contribution is 5.49. The quantitative estimate of drug-likeness (QED) is 0.744. The van der Waals surface area contributed by atoms with Gasteiger partial charge in [-0.25, -0.2) is 0 Å². The van der Waals surface area contributed by atoms with Gasteiger partial charge in [-0.05, 0) is 25.0 Å². The van der Waals surface area contributed by atoms with E-state index in [2.05, 4.69) is 32.0 Å². The van der Waals surface area contributed by atoms with Crippen molar-refractivity contribution in [3.8, 4) is 11.5 Å². The smallest absolute Gasteiger partial charge is 0.246 e. The van der Waals surface area contributed by atoms with Gasteiger partial charge in [0.15, 0.2) is 11.5 Å². The summed E-state index contributed by atoms with van der Waals surface area (Å²) in [5.74, 6) is 1.27. The highest BCUT2D eigenvalue weighted by Gasteiger charge is 2.32. The number of hydrogen-bond acceptors (Lipinski definition) is 2. The topological polar surface area (TPSA) is 18.5 Å². The summed E-state index contributed by atoms with van der Waals surface area (Å²) in [6.07, 6.45) is 0.975. The van der Waals surface area contributed by atoms with Crippen LogP contribution in [0.25, 0.3) is 0 Å². The van der Waals surface area contributed by atoms with Crippen LogP contribution in [0.15, 0.2) is 48.5 Å². The van der Waals surface area contributed by atoms with Crippen molar-refractivity contribution in [1.29, 1.82) is 0 Å². The Morgan fingerprint density at radius 3 is 2.15 bits per heavy atom. The van der Waals surface area contributed by atoms with Crippen LogP contribution in [0.4, 0.5) is 0 Å². The maximum Gasteiger partial charge on any atom is 0.246 e. The summed E-state index contributed by atoms with van der Waals surface area (Å²) < 4.78 is 11.3. The molecule has 3 rings (SSSR count). The zero-order valence-corrected chi connectivity index (χ0v) is 12.6. The Bertz CT molecular complexity index is 559. The van der Waals surface area contributed by atoms with Crippen LogP contribution < -0.4 is 9.47 Å². The SMILES string of the molecule is CCc1cccc2c1OC(C)(C)O2.Cc1ccccc1. The average Bonchev–Trinajstić information content (AvgIpc) is 2.74. The minimum atomic E-state index is -0.506. The first-order chi connectivity index (χ1) is 9.52. The molecule has 0 spiro atoms. The van der Waals surface area contributed by atoms with E-state index in [1.165, 1.54) is 11.1 Å². The Balaban J connectivity index is 0.000000178. The van der Waals surface area contributed by atoms with E-state index in [0.29, 0.717) is 0 Å². The van der Waals surface area contributed by atoms with E-state index >= 15 is 0 Å². The number of benzene rings is 2. The molecule has 0 N–H and O–H groups in total. The molecule has 20 heavy (non-hydrogen) atoms.